The van der Waals surface area contributed by atoms with Crippen molar-refractivity contribution in [1.29, 1.82) is 0 Å². The lowest BCUT2D eigenvalue weighted by Gasteiger charge is -1.99. The number of nitrogens with zero attached hydrogens (tertiary/aromatic N) is 1. The second-order valence-corrected chi connectivity index (χ2v) is 4.17. The van der Waals surface area contributed by atoms with Crippen LogP contribution in [-0.4, -0.2) is 25.2 Å². The van der Waals surface area contributed by atoms with E-state index in [4.69, 9.17) is 13.6 Å². The van der Waals surface area contributed by atoms with Crippen molar-refractivity contribution in [2.75, 3.05) is 20.3 Å². The normalized spacial score (nSPS) is 10.9. The summed E-state index contributed by atoms with van der Waals surface area (Å²) in [6.45, 7) is 2.00. The second kappa shape index (κ2) is 6.00. The van der Waals surface area contributed by atoms with Crippen molar-refractivity contribution in [2.45, 2.75) is 6.54 Å². The molecule has 6 heteroatoms. The highest BCUT2D eigenvalue weighted by atomic mass is 79.9. The molecule has 0 saturated carbocycles. The summed E-state index contributed by atoms with van der Waals surface area (Å²) in [5, 5.41) is 3.15. The molecule has 2 aromatic heterocycles. The van der Waals surface area contributed by atoms with Crippen molar-refractivity contribution in [2.24, 2.45) is 0 Å². The summed E-state index contributed by atoms with van der Waals surface area (Å²) in [4.78, 5) is 4.15. The van der Waals surface area contributed by atoms with Crippen molar-refractivity contribution in [3.63, 3.8) is 0 Å². The molecule has 0 spiro atoms. The van der Waals surface area contributed by atoms with Crippen molar-refractivity contribution in [3.8, 4) is 11.5 Å². The quantitative estimate of drug-likeness (QED) is 0.830. The molecule has 17 heavy (non-hydrogen) atoms. The first-order valence-corrected chi connectivity index (χ1v) is 5.99. The number of ether oxygens (including phenoxy) is 1. The number of oxazole rings is 1. The summed E-state index contributed by atoms with van der Waals surface area (Å²) in [6, 6.07) is 3.64. The van der Waals surface area contributed by atoms with E-state index in [0.29, 0.717) is 35.2 Å². The lowest BCUT2D eigenvalue weighted by molar-refractivity contribution is 0.198. The van der Waals surface area contributed by atoms with Crippen LogP contribution in [0.25, 0.3) is 11.5 Å². The number of hydrogen-bond acceptors (Lipinski definition) is 5. The van der Waals surface area contributed by atoms with Gasteiger partial charge in [0.15, 0.2) is 16.2 Å². The Balaban J connectivity index is 1.92. The summed E-state index contributed by atoms with van der Waals surface area (Å²) >= 11 is 3.24. The van der Waals surface area contributed by atoms with Crippen LogP contribution < -0.4 is 5.32 Å². The van der Waals surface area contributed by atoms with Gasteiger partial charge in [-0.25, -0.2) is 4.98 Å². The van der Waals surface area contributed by atoms with E-state index in [-0.39, 0.29) is 0 Å². The number of methoxy groups -OCH3 is 1. The van der Waals surface area contributed by atoms with E-state index >= 15 is 0 Å². The smallest absolute Gasteiger partial charge is 0.209 e. The highest BCUT2D eigenvalue weighted by Crippen LogP contribution is 2.25. The Morgan fingerprint density at radius 3 is 2.94 bits per heavy atom. The zero-order valence-electron chi connectivity index (χ0n) is 9.40. The molecule has 0 bridgehead atoms. The molecule has 2 aromatic rings. The van der Waals surface area contributed by atoms with Gasteiger partial charge in [0.2, 0.25) is 5.89 Å². The fourth-order valence-corrected chi connectivity index (χ4v) is 1.63. The summed E-state index contributed by atoms with van der Waals surface area (Å²) in [7, 11) is 1.67. The van der Waals surface area contributed by atoms with Crippen LogP contribution in [0.2, 0.25) is 0 Å². The van der Waals surface area contributed by atoms with Gasteiger partial charge in [0.05, 0.1) is 19.3 Å². The Morgan fingerprint density at radius 1 is 1.35 bits per heavy atom. The van der Waals surface area contributed by atoms with Crippen LogP contribution in [0.15, 0.2) is 31.8 Å². The van der Waals surface area contributed by atoms with E-state index in [2.05, 4.69) is 26.2 Å². The van der Waals surface area contributed by atoms with E-state index in [1.165, 1.54) is 0 Å². The Kier molecular flexibility index (Phi) is 4.36. The van der Waals surface area contributed by atoms with Gasteiger partial charge in [-0.15, -0.1) is 0 Å². The van der Waals surface area contributed by atoms with Gasteiger partial charge in [0.25, 0.3) is 0 Å². The topological polar surface area (TPSA) is 60.4 Å². The number of nitrogens with one attached hydrogen (secondary N) is 1. The molecule has 0 aliphatic carbocycles. The molecule has 92 valence electrons. The van der Waals surface area contributed by atoms with Gasteiger partial charge in [-0.1, -0.05) is 0 Å². The molecule has 0 saturated heterocycles. The minimum Gasteiger partial charge on any atom is -0.446 e. The molecule has 0 radical (unpaired) electrons. The van der Waals surface area contributed by atoms with E-state index < -0.39 is 0 Å². The van der Waals surface area contributed by atoms with Gasteiger partial charge in [-0.05, 0) is 28.1 Å². The largest absolute Gasteiger partial charge is 0.446 e. The number of furan rings is 1. The molecule has 0 atom stereocenters. The molecule has 2 rings (SSSR count). The molecule has 0 aromatic carbocycles. The molecular weight excluding hydrogens is 288 g/mol. The summed E-state index contributed by atoms with van der Waals surface area (Å²) < 4.78 is 16.5. The Morgan fingerprint density at radius 2 is 2.24 bits per heavy atom. The third-order valence-corrected chi connectivity index (χ3v) is 2.56. The van der Waals surface area contributed by atoms with Crippen LogP contribution in [0.5, 0.6) is 0 Å². The maximum Gasteiger partial charge on any atom is 0.209 e. The van der Waals surface area contributed by atoms with Crippen LogP contribution in [0.1, 0.15) is 5.89 Å². The number of hydrogen-bond donors (Lipinski definition) is 1. The van der Waals surface area contributed by atoms with Gasteiger partial charge in [-0.3, -0.25) is 0 Å². The SMILES string of the molecule is COCCNCc1ncc(-c2ccc(Br)o2)o1. The molecular formula is C11H13BrN2O3. The predicted molar refractivity (Wildman–Crippen MR) is 65.5 cm³/mol. The monoisotopic (exact) mass is 300 g/mol. The second-order valence-electron chi connectivity index (χ2n) is 3.39. The first kappa shape index (κ1) is 12.3. The van der Waals surface area contributed by atoms with Gasteiger partial charge in [0.1, 0.15) is 0 Å². The molecule has 2 heterocycles. The standard InChI is InChI=1S/C11H13BrN2O3/c1-15-5-4-13-7-11-14-6-9(17-11)8-2-3-10(12)16-8/h2-3,6,13H,4-5,7H2,1H3. The summed E-state index contributed by atoms with van der Waals surface area (Å²) in [5.74, 6) is 1.91. The van der Waals surface area contributed by atoms with E-state index in [9.17, 15) is 0 Å². The van der Waals surface area contributed by atoms with Crippen LogP contribution in [-0.2, 0) is 11.3 Å². The molecule has 0 amide bonds. The highest BCUT2D eigenvalue weighted by molar-refractivity contribution is 9.10. The fraction of sp³-hybridized carbons (Fsp3) is 0.364. The van der Waals surface area contributed by atoms with E-state index in [1.54, 1.807) is 13.3 Å². The molecule has 1 N–H and O–H groups in total. The van der Waals surface area contributed by atoms with Gasteiger partial charge >= 0.3 is 0 Å². The lowest BCUT2D eigenvalue weighted by atomic mass is 10.4. The maximum atomic E-state index is 5.53. The first-order valence-electron chi connectivity index (χ1n) is 5.19. The molecule has 0 fully saturated rings. The van der Waals surface area contributed by atoms with Gasteiger partial charge < -0.3 is 18.9 Å². The highest BCUT2D eigenvalue weighted by Gasteiger charge is 2.09. The number of halogens is 1. The van der Waals surface area contributed by atoms with Crippen LogP contribution in [0, 0.1) is 0 Å². The maximum absolute atomic E-state index is 5.53. The summed E-state index contributed by atoms with van der Waals surface area (Å²) in [6.07, 6.45) is 1.65. The minimum atomic E-state index is 0.575. The molecule has 0 unspecified atom stereocenters. The first-order chi connectivity index (χ1) is 8.29. The van der Waals surface area contributed by atoms with Crippen molar-refractivity contribution in [3.05, 3.63) is 28.9 Å². The third kappa shape index (κ3) is 3.42. The zero-order valence-corrected chi connectivity index (χ0v) is 11.0. The number of aromatic nitrogens is 1. The van der Waals surface area contributed by atoms with Gasteiger partial charge in [0, 0.05) is 13.7 Å². The minimum absolute atomic E-state index is 0.575. The van der Waals surface area contributed by atoms with Crippen LogP contribution in [0.3, 0.4) is 0 Å². The Bertz CT molecular complexity index is 467. The zero-order chi connectivity index (χ0) is 12.1. The van der Waals surface area contributed by atoms with Crippen LogP contribution >= 0.6 is 15.9 Å². The molecule has 5 nitrogen and oxygen atoms in total. The van der Waals surface area contributed by atoms with E-state index in [0.717, 1.165) is 6.54 Å². The Labute approximate surface area is 107 Å². The third-order valence-electron chi connectivity index (χ3n) is 2.13. The lowest BCUT2D eigenvalue weighted by Crippen LogP contribution is -2.18. The fourth-order valence-electron chi connectivity index (χ4n) is 1.32. The van der Waals surface area contributed by atoms with Gasteiger partial charge in [-0.2, -0.15) is 0 Å². The Hall–Kier alpha value is -1.11. The van der Waals surface area contributed by atoms with Crippen molar-refractivity contribution < 1.29 is 13.6 Å². The predicted octanol–water partition coefficient (Wildman–Crippen LogP) is 2.43. The van der Waals surface area contributed by atoms with E-state index in [1.807, 2.05) is 12.1 Å². The summed E-state index contributed by atoms with van der Waals surface area (Å²) in [5.41, 5.74) is 0. The average Bonchev–Trinajstić information content (AvgIpc) is 2.93. The van der Waals surface area contributed by atoms with Crippen LogP contribution in [0.4, 0.5) is 0 Å². The van der Waals surface area contributed by atoms with Crippen molar-refractivity contribution >= 4 is 15.9 Å². The average molecular weight is 301 g/mol. The molecule has 0 aliphatic heterocycles. The number of rotatable bonds is 6. The molecule has 0 aliphatic rings. The van der Waals surface area contributed by atoms with Crippen molar-refractivity contribution in [1.82, 2.24) is 10.3 Å².